The van der Waals surface area contributed by atoms with Gasteiger partial charge in [0.15, 0.2) is 0 Å². The molecule has 0 radical (unpaired) electrons. The lowest BCUT2D eigenvalue weighted by Gasteiger charge is -2.27. The second-order valence-electron chi connectivity index (χ2n) is 4.56. The second kappa shape index (κ2) is 5.16. The van der Waals surface area contributed by atoms with Gasteiger partial charge in [0.2, 0.25) is 5.91 Å². The summed E-state index contributed by atoms with van der Waals surface area (Å²) in [6, 6.07) is 2.49. The third-order valence-electron chi connectivity index (χ3n) is 3.33. The van der Waals surface area contributed by atoms with Crippen LogP contribution < -0.4 is 11.1 Å². The number of primary amides is 1. The van der Waals surface area contributed by atoms with Crippen molar-refractivity contribution in [1.29, 1.82) is 0 Å². The lowest BCUT2D eigenvalue weighted by Crippen LogP contribution is -2.38. The number of carbonyl (C=O) groups is 1. The van der Waals surface area contributed by atoms with E-state index in [1.54, 1.807) is 0 Å². The van der Waals surface area contributed by atoms with Crippen molar-refractivity contribution in [2.45, 2.75) is 38.3 Å². The molecule has 0 aromatic carbocycles. The molecule has 4 N–H and O–H groups in total. The Labute approximate surface area is 95.6 Å². The van der Waals surface area contributed by atoms with Crippen LogP contribution in [0.4, 0.5) is 0 Å². The minimum Gasteiger partial charge on any atom is -0.369 e. The summed E-state index contributed by atoms with van der Waals surface area (Å²) in [7, 11) is 0. The molecular weight excluding hydrogens is 202 g/mol. The van der Waals surface area contributed by atoms with Crippen molar-refractivity contribution in [2.75, 3.05) is 0 Å². The topological polar surface area (TPSA) is 70.9 Å². The van der Waals surface area contributed by atoms with Crippen LogP contribution in [0.5, 0.6) is 0 Å². The molecule has 88 valence electrons. The quantitative estimate of drug-likeness (QED) is 0.713. The number of nitrogens with one attached hydrogen (secondary N) is 2. The molecule has 1 aliphatic carbocycles. The van der Waals surface area contributed by atoms with Crippen LogP contribution in [-0.2, 0) is 11.3 Å². The number of hydrogen-bond donors (Lipinski definition) is 3. The van der Waals surface area contributed by atoms with E-state index in [1.165, 1.54) is 5.56 Å². The highest BCUT2D eigenvalue weighted by atomic mass is 16.1. The Hall–Kier alpha value is -1.29. The predicted octanol–water partition coefficient (Wildman–Crippen LogP) is 1.15. The van der Waals surface area contributed by atoms with Gasteiger partial charge in [-0.15, -0.1) is 0 Å². The Bertz CT molecular complexity index is 334. The lowest BCUT2D eigenvalue weighted by molar-refractivity contribution is -0.122. The van der Waals surface area contributed by atoms with Crippen molar-refractivity contribution >= 4 is 5.91 Å². The normalized spacial score (nSPS) is 25.5. The monoisotopic (exact) mass is 221 g/mol. The van der Waals surface area contributed by atoms with Gasteiger partial charge in [-0.25, -0.2) is 0 Å². The summed E-state index contributed by atoms with van der Waals surface area (Å²) in [6.45, 7) is 0.861. The zero-order valence-electron chi connectivity index (χ0n) is 9.41. The van der Waals surface area contributed by atoms with E-state index in [4.69, 9.17) is 5.73 Å². The van der Waals surface area contributed by atoms with Crippen molar-refractivity contribution in [2.24, 2.45) is 11.7 Å². The first-order chi connectivity index (χ1) is 7.75. The highest BCUT2D eigenvalue weighted by Gasteiger charge is 2.25. The van der Waals surface area contributed by atoms with Gasteiger partial charge >= 0.3 is 0 Å². The highest BCUT2D eigenvalue weighted by Crippen LogP contribution is 2.24. The third-order valence-corrected chi connectivity index (χ3v) is 3.33. The minimum absolute atomic E-state index is 0.0671. The van der Waals surface area contributed by atoms with Crippen LogP contribution in [0.3, 0.4) is 0 Å². The van der Waals surface area contributed by atoms with Gasteiger partial charge in [0.05, 0.1) is 0 Å². The van der Waals surface area contributed by atoms with E-state index < -0.39 is 0 Å². The molecular formula is C12H19N3O. The van der Waals surface area contributed by atoms with Crippen molar-refractivity contribution in [3.05, 3.63) is 24.0 Å². The summed E-state index contributed by atoms with van der Waals surface area (Å²) in [5.41, 5.74) is 6.60. The number of carbonyl (C=O) groups excluding carboxylic acids is 1. The fraction of sp³-hybridized carbons (Fsp3) is 0.583. The number of H-pyrrole nitrogens is 1. The molecule has 4 heteroatoms. The van der Waals surface area contributed by atoms with Crippen LogP contribution in [0.2, 0.25) is 0 Å². The fourth-order valence-electron chi connectivity index (χ4n) is 2.36. The number of rotatable bonds is 4. The molecule has 0 spiro atoms. The molecule has 0 aliphatic heterocycles. The first-order valence-corrected chi connectivity index (χ1v) is 5.90. The second-order valence-corrected chi connectivity index (χ2v) is 4.56. The average molecular weight is 221 g/mol. The first kappa shape index (κ1) is 11.2. The summed E-state index contributed by atoms with van der Waals surface area (Å²) in [4.78, 5) is 14.2. The maximum atomic E-state index is 11.1. The van der Waals surface area contributed by atoms with E-state index in [-0.39, 0.29) is 11.8 Å². The number of aromatic nitrogens is 1. The first-order valence-electron chi connectivity index (χ1n) is 5.90. The zero-order valence-corrected chi connectivity index (χ0v) is 9.41. The minimum atomic E-state index is -0.145. The Morgan fingerprint density at radius 1 is 1.56 bits per heavy atom. The zero-order chi connectivity index (χ0) is 11.4. The molecule has 1 heterocycles. The van der Waals surface area contributed by atoms with E-state index in [1.807, 2.05) is 12.4 Å². The average Bonchev–Trinajstić information content (AvgIpc) is 2.79. The summed E-state index contributed by atoms with van der Waals surface area (Å²) < 4.78 is 0. The molecule has 1 saturated carbocycles. The van der Waals surface area contributed by atoms with E-state index in [9.17, 15) is 4.79 Å². The Morgan fingerprint density at radius 2 is 2.44 bits per heavy atom. The van der Waals surface area contributed by atoms with E-state index >= 15 is 0 Å². The van der Waals surface area contributed by atoms with Crippen LogP contribution in [0, 0.1) is 5.92 Å². The summed E-state index contributed by atoms with van der Waals surface area (Å²) in [5.74, 6) is -0.0781. The van der Waals surface area contributed by atoms with Crippen LogP contribution in [0.25, 0.3) is 0 Å². The van der Waals surface area contributed by atoms with Gasteiger partial charge in [-0.1, -0.05) is 6.42 Å². The highest BCUT2D eigenvalue weighted by molar-refractivity contribution is 5.76. The molecule has 0 saturated heterocycles. The standard InChI is InChI=1S/C12H19N3O/c13-12(16)10-2-1-3-11(6-10)15-8-9-4-5-14-7-9/h4-5,7,10-11,14-15H,1-3,6,8H2,(H2,13,16). The van der Waals surface area contributed by atoms with Crippen LogP contribution in [0.15, 0.2) is 18.5 Å². The van der Waals surface area contributed by atoms with E-state index in [0.29, 0.717) is 6.04 Å². The van der Waals surface area contributed by atoms with Gasteiger partial charge in [0.1, 0.15) is 0 Å². The SMILES string of the molecule is NC(=O)C1CCCC(NCc2cc[nH]c2)C1. The predicted molar refractivity (Wildman–Crippen MR) is 62.6 cm³/mol. The summed E-state index contributed by atoms with van der Waals surface area (Å²) in [6.07, 6.45) is 8.00. The van der Waals surface area contributed by atoms with Gasteiger partial charge < -0.3 is 16.0 Å². The molecule has 1 aromatic heterocycles. The molecule has 1 amide bonds. The molecule has 4 nitrogen and oxygen atoms in total. The molecule has 2 atom stereocenters. The van der Waals surface area contributed by atoms with Crippen molar-refractivity contribution in [3.8, 4) is 0 Å². The van der Waals surface area contributed by atoms with E-state index in [0.717, 1.165) is 32.2 Å². The van der Waals surface area contributed by atoms with Crippen molar-refractivity contribution in [3.63, 3.8) is 0 Å². The van der Waals surface area contributed by atoms with Gasteiger partial charge in [-0.05, 0) is 30.9 Å². The van der Waals surface area contributed by atoms with Crippen molar-refractivity contribution < 1.29 is 4.79 Å². The Balaban J connectivity index is 1.79. The third kappa shape index (κ3) is 2.85. The largest absolute Gasteiger partial charge is 0.369 e. The van der Waals surface area contributed by atoms with Gasteiger partial charge in [-0.2, -0.15) is 0 Å². The van der Waals surface area contributed by atoms with E-state index in [2.05, 4.69) is 16.4 Å². The Morgan fingerprint density at radius 3 is 3.12 bits per heavy atom. The molecule has 16 heavy (non-hydrogen) atoms. The molecule has 0 bridgehead atoms. The van der Waals surface area contributed by atoms with Crippen LogP contribution in [-0.4, -0.2) is 16.9 Å². The molecule has 2 rings (SSSR count). The lowest BCUT2D eigenvalue weighted by atomic mass is 9.85. The number of hydrogen-bond acceptors (Lipinski definition) is 2. The molecule has 1 aliphatic rings. The van der Waals surface area contributed by atoms with Crippen LogP contribution in [0.1, 0.15) is 31.2 Å². The smallest absolute Gasteiger partial charge is 0.220 e. The van der Waals surface area contributed by atoms with Crippen molar-refractivity contribution in [1.82, 2.24) is 10.3 Å². The summed E-state index contributed by atoms with van der Waals surface area (Å²) >= 11 is 0. The number of aromatic amines is 1. The van der Waals surface area contributed by atoms with Crippen LogP contribution >= 0.6 is 0 Å². The maximum absolute atomic E-state index is 11.1. The molecule has 1 fully saturated rings. The fourth-order valence-corrected chi connectivity index (χ4v) is 2.36. The Kier molecular flexibility index (Phi) is 3.62. The van der Waals surface area contributed by atoms with Gasteiger partial charge in [0, 0.05) is 30.9 Å². The molecule has 1 aromatic rings. The van der Waals surface area contributed by atoms with Gasteiger partial charge in [-0.3, -0.25) is 4.79 Å². The maximum Gasteiger partial charge on any atom is 0.220 e. The number of nitrogens with two attached hydrogens (primary N) is 1. The number of amides is 1. The summed E-state index contributed by atoms with van der Waals surface area (Å²) in [5, 5.41) is 3.48. The van der Waals surface area contributed by atoms with Gasteiger partial charge in [0.25, 0.3) is 0 Å². The molecule has 2 unspecified atom stereocenters.